The van der Waals surface area contributed by atoms with E-state index in [1.807, 2.05) is 0 Å². The summed E-state index contributed by atoms with van der Waals surface area (Å²) in [5, 5.41) is 0.540. The van der Waals surface area contributed by atoms with E-state index in [1.165, 1.54) is 6.07 Å². The second-order valence-corrected chi connectivity index (χ2v) is 4.57. The maximum atomic E-state index is 11.8. The highest BCUT2D eigenvalue weighted by atomic mass is 35.5. The van der Waals surface area contributed by atoms with E-state index in [0.717, 1.165) is 0 Å². The quantitative estimate of drug-likeness (QED) is 0.534. The Hall–Kier alpha value is -2.33. The van der Waals surface area contributed by atoms with Crippen LogP contribution in [0.15, 0.2) is 48.5 Å². The molecule has 2 aromatic rings. The summed E-state index contributed by atoms with van der Waals surface area (Å²) in [6.45, 7) is -0.324. The number of hydrogen-bond donors (Lipinski definition) is 1. The Bertz CT molecular complexity index is 638. The molecule has 4 nitrogen and oxygen atoms in total. The van der Waals surface area contributed by atoms with Gasteiger partial charge in [0, 0.05) is 16.3 Å². The van der Waals surface area contributed by atoms with Crippen LogP contribution in [0.5, 0.6) is 0 Å². The zero-order chi connectivity index (χ0) is 14.5. The van der Waals surface area contributed by atoms with E-state index < -0.39 is 5.97 Å². The second-order valence-electron chi connectivity index (χ2n) is 4.13. The topological polar surface area (TPSA) is 69.4 Å². The van der Waals surface area contributed by atoms with Crippen LogP contribution in [0.2, 0.25) is 5.02 Å². The molecule has 0 saturated heterocycles. The summed E-state index contributed by atoms with van der Waals surface area (Å²) < 4.78 is 4.95. The molecule has 0 amide bonds. The first-order valence-electron chi connectivity index (χ1n) is 5.87. The van der Waals surface area contributed by atoms with Crippen LogP contribution in [-0.2, 0) is 4.74 Å². The van der Waals surface area contributed by atoms with Crippen molar-refractivity contribution in [2.75, 3.05) is 12.3 Å². The largest absolute Gasteiger partial charge is 0.454 e. The zero-order valence-electron chi connectivity index (χ0n) is 10.5. The number of carbonyl (C=O) groups excluding carboxylic acids is 2. The molecule has 2 aromatic carbocycles. The number of nitrogen functional groups attached to an aromatic ring is 1. The number of nitrogens with two attached hydrogens (primary N) is 1. The molecule has 0 radical (unpaired) electrons. The number of carbonyl (C=O) groups is 2. The fourth-order valence-corrected chi connectivity index (χ4v) is 1.73. The third-order valence-corrected chi connectivity index (χ3v) is 2.87. The van der Waals surface area contributed by atoms with Gasteiger partial charge in [0.05, 0.1) is 5.56 Å². The third kappa shape index (κ3) is 3.59. The van der Waals surface area contributed by atoms with E-state index in [-0.39, 0.29) is 12.4 Å². The molecule has 0 atom stereocenters. The summed E-state index contributed by atoms with van der Waals surface area (Å²) in [6, 6.07) is 12.8. The van der Waals surface area contributed by atoms with Crippen LogP contribution in [0.25, 0.3) is 0 Å². The van der Waals surface area contributed by atoms with Crippen LogP contribution in [0.1, 0.15) is 20.7 Å². The van der Waals surface area contributed by atoms with Gasteiger partial charge in [0.15, 0.2) is 12.4 Å². The molecule has 0 aliphatic heterocycles. The van der Waals surface area contributed by atoms with Crippen LogP contribution in [0.4, 0.5) is 5.69 Å². The molecule has 0 saturated carbocycles. The number of Topliss-reactive ketones (excluding diaryl/α,β-unsaturated/α-hetero) is 1. The van der Waals surface area contributed by atoms with E-state index in [9.17, 15) is 9.59 Å². The van der Waals surface area contributed by atoms with Gasteiger partial charge in [-0.1, -0.05) is 17.7 Å². The van der Waals surface area contributed by atoms with E-state index in [4.69, 9.17) is 22.1 Å². The van der Waals surface area contributed by atoms with E-state index in [0.29, 0.717) is 21.8 Å². The van der Waals surface area contributed by atoms with Crippen molar-refractivity contribution in [3.05, 3.63) is 64.7 Å². The molecule has 0 fully saturated rings. The first-order chi connectivity index (χ1) is 9.56. The highest BCUT2D eigenvalue weighted by Crippen LogP contribution is 2.11. The summed E-state index contributed by atoms with van der Waals surface area (Å²) in [4.78, 5) is 23.5. The van der Waals surface area contributed by atoms with Crippen LogP contribution >= 0.6 is 11.6 Å². The Morgan fingerprint density at radius 1 is 1.05 bits per heavy atom. The molecule has 5 heteroatoms. The van der Waals surface area contributed by atoms with Crippen molar-refractivity contribution >= 4 is 29.0 Å². The number of rotatable bonds is 4. The zero-order valence-corrected chi connectivity index (χ0v) is 11.3. The number of ketones is 1. The predicted octanol–water partition coefficient (Wildman–Crippen LogP) is 2.96. The van der Waals surface area contributed by atoms with Crippen LogP contribution in [0.3, 0.4) is 0 Å². The molecular formula is C15H12ClNO3. The smallest absolute Gasteiger partial charge is 0.338 e. The average molecular weight is 290 g/mol. The molecule has 2 rings (SSSR count). The Balaban J connectivity index is 1.96. The lowest BCUT2D eigenvalue weighted by Gasteiger charge is -2.05. The number of ether oxygens (including phenoxy) is 1. The van der Waals surface area contributed by atoms with Gasteiger partial charge < -0.3 is 10.5 Å². The lowest BCUT2D eigenvalue weighted by atomic mass is 10.1. The van der Waals surface area contributed by atoms with Crippen molar-refractivity contribution < 1.29 is 14.3 Å². The van der Waals surface area contributed by atoms with Gasteiger partial charge >= 0.3 is 5.97 Å². The van der Waals surface area contributed by atoms with Gasteiger partial charge in [0.25, 0.3) is 0 Å². The van der Waals surface area contributed by atoms with Crippen molar-refractivity contribution in [3.8, 4) is 0 Å². The molecule has 0 aromatic heterocycles. The Labute approximate surface area is 121 Å². The van der Waals surface area contributed by atoms with Crippen LogP contribution < -0.4 is 5.73 Å². The maximum Gasteiger partial charge on any atom is 0.338 e. The van der Waals surface area contributed by atoms with Gasteiger partial charge in [-0.2, -0.15) is 0 Å². The second kappa shape index (κ2) is 6.21. The minimum absolute atomic E-state index is 0.293. The summed E-state index contributed by atoms with van der Waals surface area (Å²) >= 11 is 5.73. The summed E-state index contributed by atoms with van der Waals surface area (Å²) in [7, 11) is 0. The van der Waals surface area contributed by atoms with Gasteiger partial charge in [-0.3, -0.25) is 4.79 Å². The van der Waals surface area contributed by atoms with E-state index in [2.05, 4.69) is 0 Å². The van der Waals surface area contributed by atoms with E-state index >= 15 is 0 Å². The van der Waals surface area contributed by atoms with Gasteiger partial charge in [-0.25, -0.2) is 4.79 Å². The molecule has 102 valence electrons. The predicted molar refractivity (Wildman–Crippen MR) is 76.9 cm³/mol. The Morgan fingerprint density at radius 3 is 2.40 bits per heavy atom. The highest BCUT2D eigenvalue weighted by Gasteiger charge is 2.11. The molecule has 0 aliphatic rings. The lowest BCUT2D eigenvalue weighted by molar-refractivity contribution is 0.0475. The third-order valence-electron chi connectivity index (χ3n) is 2.62. The van der Waals surface area contributed by atoms with E-state index in [1.54, 1.807) is 42.5 Å². The fraction of sp³-hybridized carbons (Fsp3) is 0.0667. The summed E-state index contributed by atoms with van der Waals surface area (Å²) in [5.74, 6) is -0.876. The Kier molecular flexibility index (Phi) is 4.38. The minimum atomic E-state index is -0.584. The van der Waals surface area contributed by atoms with Crippen LogP contribution in [0, 0.1) is 0 Å². The van der Waals surface area contributed by atoms with Gasteiger partial charge in [0.2, 0.25) is 0 Å². The highest BCUT2D eigenvalue weighted by molar-refractivity contribution is 6.30. The molecule has 0 aliphatic carbocycles. The van der Waals surface area contributed by atoms with Crippen LogP contribution in [-0.4, -0.2) is 18.4 Å². The number of benzene rings is 2. The molecule has 2 N–H and O–H groups in total. The molecule has 0 bridgehead atoms. The molecule has 0 spiro atoms. The maximum absolute atomic E-state index is 11.8. The molecule has 0 unspecified atom stereocenters. The van der Waals surface area contributed by atoms with Crippen molar-refractivity contribution in [3.63, 3.8) is 0 Å². The lowest BCUT2D eigenvalue weighted by Crippen LogP contribution is -2.14. The van der Waals surface area contributed by atoms with Crippen molar-refractivity contribution in [1.29, 1.82) is 0 Å². The SMILES string of the molecule is Nc1cccc(C(=O)OCC(=O)c2ccc(Cl)cc2)c1. The molecular weight excluding hydrogens is 278 g/mol. The normalized spacial score (nSPS) is 10.1. The number of hydrogen-bond acceptors (Lipinski definition) is 4. The number of anilines is 1. The van der Waals surface area contributed by atoms with Gasteiger partial charge in [0.1, 0.15) is 0 Å². The number of esters is 1. The number of halogens is 1. The standard InChI is InChI=1S/C15H12ClNO3/c16-12-6-4-10(5-7-12)14(18)9-20-15(19)11-2-1-3-13(17)8-11/h1-8H,9,17H2. The summed E-state index contributed by atoms with van der Waals surface area (Å²) in [5.41, 5.74) is 6.79. The van der Waals surface area contributed by atoms with Gasteiger partial charge in [-0.05, 0) is 42.5 Å². The van der Waals surface area contributed by atoms with Crippen molar-refractivity contribution in [2.24, 2.45) is 0 Å². The minimum Gasteiger partial charge on any atom is -0.454 e. The monoisotopic (exact) mass is 289 g/mol. The average Bonchev–Trinajstić information content (AvgIpc) is 2.45. The fourth-order valence-electron chi connectivity index (χ4n) is 1.60. The first-order valence-corrected chi connectivity index (χ1v) is 6.25. The van der Waals surface area contributed by atoms with Crippen molar-refractivity contribution in [1.82, 2.24) is 0 Å². The van der Waals surface area contributed by atoms with Crippen molar-refractivity contribution in [2.45, 2.75) is 0 Å². The molecule has 20 heavy (non-hydrogen) atoms. The first kappa shape index (κ1) is 14.1. The Morgan fingerprint density at radius 2 is 1.75 bits per heavy atom. The summed E-state index contributed by atoms with van der Waals surface area (Å²) in [6.07, 6.45) is 0. The molecule has 0 heterocycles. The van der Waals surface area contributed by atoms with Gasteiger partial charge in [-0.15, -0.1) is 0 Å².